The lowest BCUT2D eigenvalue weighted by molar-refractivity contribution is -0.142. The van der Waals surface area contributed by atoms with E-state index in [1.54, 1.807) is 0 Å². The van der Waals surface area contributed by atoms with Gasteiger partial charge in [0.1, 0.15) is 18.1 Å². The molecule has 0 fully saturated rings. The predicted octanol–water partition coefficient (Wildman–Crippen LogP) is -2.82. The number of aromatic amines is 1. The van der Waals surface area contributed by atoms with Crippen LogP contribution in [0.2, 0.25) is 0 Å². The Morgan fingerprint density at radius 2 is 1.59 bits per heavy atom. The summed E-state index contributed by atoms with van der Waals surface area (Å²) in [6.45, 7) is 3.86. The van der Waals surface area contributed by atoms with Crippen LogP contribution in [0.15, 0.2) is 17.5 Å². The van der Waals surface area contributed by atoms with Gasteiger partial charge in [0.2, 0.25) is 23.6 Å². The highest BCUT2D eigenvalue weighted by Crippen LogP contribution is 2.09. The van der Waals surface area contributed by atoms with Gasteiger partial charge in [0.15, 0.2) is 5.96 Å². The molecule has 16 nitrogen and oxygen atoms in total. The highest BCUT2D eigenvalue weighted by atomic mass is 16.4. The number of aliphatic imine (C=N–C) groups is 1. The van der Waals surface area contributed by atoms with E-state index in [1.807, 2.05) is 13.8 Å². The number of carboxylic acids is 1. The molecule has 4 unspecified atom stereocenters. The Hall–Kier alpha value is -4.21. The number of nitrogens with zero attached hydrogens (tertiary/aromatic N) is 2. The summed E-state index contributed by atoms with van der Waals surface area (Å²) in [7, 11) is 0. The summed E-state index contributed by atoms with van der Waals surface area (Å²) < 4.78 is 0. The molecule has 0 bridgehead atoms. The normalized spacial score (nSPS) is 13.9. The Morgan fingerprint density at radius 1 is 0.974 bits per heavy atom. The third-order valence-electron chi connectivity index (χ3n) is 5.54. The van der Waals surface area contributed by atoms with E-state index >= 15 is 0 Å². The van der Waals surface area contributed by atoms with Crippen LogP contribution in [0.3, 0.4) is 0 Å². The van der Waals surface area contributed by atoms with Crippen LogP contribution in [0.5, 0.6) is 0 Å². The number of nitrogens with one attached hydrogen (secondary N) is 4. The average molecular weight is 553 g/mol. The zero-order chi connectivity index (χ0) is 29.5. The molecule has 0 spiro atoms. The molecule has 1 aromatic heterocycles. The van der Waals surface area contributed by atoms with E-state index in [0.29, 0.717) is 5.69 Å². The van der Waals surface area contributed by atoms with Gasteiger partial charge in [-0.05, 0) is 31.6 Å². The first kappa shape index (κ1) is 32.8. The summed E-state index contributed by atoms with van der Waals surface area (Å²) in [5, 5.41) is 17.0. The molecule has 0 saturated heterocycles. The lowest BCUT2D eigenvalue weighted by Crippen LogP contribution is -2.57. The molecule has 0 aromatic carbocycles. The van der Waals surface area contributed by atoms with Gasteiger partial charge < -0.3 is 49.0 Å². The minimum Gasteiger partial charge on any atom is -0.480 e. The molecule has 0 radical (unpaired) electrons. The van der Waals surface area contributed by atoms with Crippen LogP contribution in [-0.4, -0.2) is 81.3 Å². The van der Waals surface area contributed by atoms with Crippen molar-refractivity contribution in [2.75, 3.05) is 6.54 Å². The lowest BCUT2D eigenvalue weighted by Gasteiger charge is -2.26. The predicted molar refractivity (Wildman–Crippen MR) is 141 cm³/mol. The summed E-state index contributed by atoms with van der Waals surface area (Å²) in [5.41, 5.74) is 22.4. The summed E-state index contributed by atoms with van der Waals surface area (Å²) in [4.78, 5) is 72.2. The monoisotopic (exact) mass is 552 g/mol. The molecule has 4 atom stereocenters. The Bertz CT molecular complexity index is 994. The van der Waals surface area contributed by atoms with Crippen LogP contribution in [0.25, 0.3) is 0 Å². The average Bonchev–Trinajstić information content (AvgIpc) is 3.35. The summed E-state index contributed by atoms with van der Waals surface area (Å²) in [5.74, 6) is -4.28. The van der Waals surface area contributed by atoms with Gasteiger partial charge in [0.25, 0.3) is 0 Å². The van der Waals surface area contributed by atoms with Gasteiger partial charge in [-0.25, -0.2) is 9.78 Å². The minimum atomic E-state index is -1.41. The van der Waals surface area contributed by atoms with Crippen LogP contribution in [0.4, 0.5) is 0 Å². The molecule has 1 heterocycles. The Morgan fingerprint density at radius 3 is 2.13 bits per heavy atom. The number of carboxylic acid groups (broad SMARTS) is 1. The molecule has 39 heavy (non-hydrogen) atoms. The highest BCUT2D eigenvalue weighted by molar-refractivity contribution is 5.94. The quantitative estimate of drug-likeness (QED) is 0.0511. The summed E-state index contributed by atoms with van der Waals surface area (Å²) in [6, 6.07) is -4.59. The second kappa shape index (κ2) is 16.6. The molecule has 0 saturated carbocycles. The Balaban J connectivity index is 3.01. The molecule has 0 aliphatic carbocycles. The molecule has 218 valence electrons. The van der Waals surface area contributed by atoms with Gasteiger partial charge in [0, 0.05) is 31.3 Å². The number of imidazole rings is 1. The number of nitrogens with two attached hydrogens (primary N) is 4. The Kier molecular flexibility index (Phi) is 14.0. The smallest absolute Gasteiger partial charge is 0.326 e. The van der Waals surface area contributed by atoms with Crippen LogP contribution >= 0.6 is 0 Å². The van der Waals surface area contributed by atoms with Crippen LogP contribution in [0.1, 0.15) is 51.6 Å². The molecule has 1 rings (SSSR count). The maximum atomic E-state index is 13.2. The zero-order valence-corrected chi connectivity index (χ0v) is 22.2. The van der Waals surface area contributed by atoms with Gasteiger partial charge in [-0.1, -0.05) is 13.8 Å². The second-order valence-electron chi connectivity index (χ2n) is 9.49. The van der Waals surface area contributed by atoms with Crippen molar-refractivity contribution in [3.05, 3.63) is 18.2 Å². The van der Waals surface area contributed by atoms with E-state index in [4.69, 9.17) is 22.9 Å². The SMILES string of the molecule is CC(C)CC(NC(=O)C(N)Cc1cnc[nH]1)C(=O)NC(CCCN=C(N)N)C(=O)NC(CCC(N)=O)C(=O)O. The van der Waals surface area contributed by atoms with Crippen molar-refractivity contribution in [3.63, 3.8) is 0 Å². The molecular formula is C23H40N10O6. The summed E-state index contributed by atoms with van der Waals surface area (Å²) >= 11 is 0. The zero-order valence-electron chi connectivity index (χ0n) is 22.2. The first-order valence-corrected chi connectivity index (χ1v) is 12.5. The fourth-order valence-electron chi connectivity index (χ4n) is 3.57. The maximum absolute atomic E-state index is 13.2. The van der Waals surface area contributed by atoms with Crippen molar-refractivity contribution in [1.82, 2.24) is 25.9 Å². The molecule has 1 aromatic rings. The van der Waals surface area contributed by atoms with E-state index in [0.717, 1.165) is 0 Å². The number of carbonyl (C=O) groups is 5. The standard InChI is InChI=1S/C23H40N10O6/c1-12(2)8-17(33-19(35)14(24)9-13-10-28-11-30-13)21(37)31-15(4-3-7-29-23(26)27)20(36)32-16(22(38)39)5-6-18(25)34/h10-12,14-17H,3-9,24H2,1-2H3,(H2,25,34)(H,28,30)(H,31,37)(H,32,36)(H,33,35)(H,38,39)(H4,26,27,29). The molecule has 0 aliphatic heterocycles. The van der Waals surface area contributed by atoms with Crippen LogP contribution in [-0.2, 0) is 30.4 Å². The molecule has 0 aliphatic rings. The van der Waals surface area contributed by atoms with Gasteiger partial charge >= 0.3 is 5.97 Å². The number of hydrogen-bond donors (Lipinski definition) is 9. The van der Waals surface area contributed by atoms with Crippen molar-refractivity contribution in [2.45, 2.75) is 76.5 Å². The van der Waals surface area contributed by atoms with Gasteiger partial charge in [-0.2, -0.15) is 0 Å². The third-order valence-corrected chi connectivity index (χ3v) is 5.54. The number of primary amides is 1. The van der Waals surface area contributed by atoms with Crippen molar-refractivity contribution in [1.29, 1.82) is 0 Å². The van der Waals surface area contributed by atoms with Crippen molar-refractivity contribution >= 4 is 35.6 Å². The number of hydrogen-bond acceptors (Lipinski definition) is 8. The number of H-pyrrole nitrogens is 1. The number of carbonyl (C=O) groups excluding carboxylic acids is 4. The van der Waals surface area contributed by atoms with E-state index in [2.05, 4.69) is 30.9 Å². The number of aliphatic carboxylic acids is 1. The number of aromatic nitrogens is 2. The van der Waals surface area contributed by atoms with Crippen molar-refractivity contribution in [2.24, 2.45) is 33.8 Å². The summed E-state index contributed by atoms with van der Waals surface area (Å²) in [6.07, 6.45) is 3.22. The number of guanidine groups is 1. The fraction of sp³-hybridized carbons (Fsp3) is 0.609. The first-order valence-electron chi connectivity index (χ1n) is 12.5. The molecule has 16 heteroatoms. The molecular weight excluding hydrogens is 512 g/mol. The Labute approximate surface area is 226 Å². The second-order valence-corrected chi connectivity index (χ2v) is 9.49. The van der Waals surface area contributed by atoms with Gasteiger partial charge in [-0.15, -0.1) is 0 Å². The molecule has 4 amide bonds. The highest BCUT2D eigenvalue weighted by Gasteiger charge is 2.30. The van der Waals surface area contributed by atoms with E-state index < -0.39 is 53.8 Å². The lowest BCUT2D eigenvalue weighted by atomic mass is 10.0. The largest absolute Gasteiger partial charge is 0.480 e. The van der Waals surface area contributed by atoms with Crippen LogP contribution < -0.4 is 38.9 Å². The topological polar surface area (TPSA) is 287 Å². The minimum absolute atomic E-state index is 0.00999. The third kappa shape index (κ3) is 13.2. The fourth-order valence-corrected chi connectivity index (χ4v) is 3.57. The molecule has 13 N–H and O–H groups in total. The van der Waals surface area contributed by atoms with Crippen LogP contribution in [0, 0.1) is 5.92 Å². The maximum Gasteiger partial charge on any atom is 0.326 e. The van der Waals surface area contributed by atoms with E-state index in [9.17, 15) is 29.1 Å². The van der Waals surface area contributed by atoms with Gasteiger partial charge in [0.05, 0.1) is 12.4 Å². The first-order chi connectivity index (χ1) is 18.3. The van der Waals surface area contributed by atoms with E-state index in [-0.39, 0.29) is 56.9 Å². The number of amides is 4. The van der Waals surface area contributed by atoms with Gasteiger partial charge in [-0.3, -0.25) is 24.2 Å². The van der Waals surface area contributed by atoms with Crippen molar-refractivity contribution in [3.8, 4) is 0 Å². The van der Waals surface area contributed by atoms with E-state index in [1.165, 1.54) is 12.5 Å². The van der Waals surface area contributed by atoms with Crippen molar-refractivity contribution < 1.29 is 29.1 Å². The number of rotatable bonds is 18.